The smallest absolute Gasteiger partial charge is 0.410 e. The van der Waals surface area contributed by atoms with Crippen LogP contribution in [0.25, 0.3) is 0 Å². The Morgan fingerprint density at radius 1 is 1.27 bits per heavy atom. The highest BCUT2D eigenvalue weighted by atomic mass is 79.9. The molecule has 1 aliphatic rings. The third-order valence-electron chi connectivity index (χ3n) is 3.13. The highest BCUT2D eigenvalue weighted by Gasteiger charge is 2.33. The molecule has 1 saturated heterocycles. The van der Waals surface area contributed by atoms with Crippen LogP contribution in [0.3, 0.4) is 0 Å². The number of benzene rings is 1. The summed E-state index contributed by atoms with van der Waals surface area (Å²) in [6, 6.07) is 4.06. The maximum absolute atomic E-state index is 11.9. The summed E-state index contributed by atoms with van der Waals surface area (Å²) in [5.41, 5.74) is 0.478. The van der Waals surface area contributed by atoms with Crippen molar-refractivity contribution < 1.29 is 14.3 Å². The third-order valence-corrected chi connectivity index (χ3v) is 4.41. The molecule has 5 nitrogen and oxygen atoms in total. The molecule has 0 saturated carbocycles. The van der Waals surface area contributed by atoms with Gasteiger partial charge < -0.3 is 19.7 Å². The van der Waals surface area contributed by atoms with E-state index in [4.69, 9.17) is 9.47 Å². The van der Waals surface area contributed by atoms with Crippen molar-refractivity contribution >= 4 is 43.6 Å². The average molecular weight is 436 g/mol. The number of likely N-dealkylation sites (tertiary alicyclic amines) is 1. The molecule has 0 aromatic heterocycles. The van der Waals surface area contributed by atoms with Crippen molar-refractivity contribution in [3.63, 3.8) is 0 Å². The van der Waals surface area contributed by atoms with Crippen molar-refractivity contribution in [2.24, 2.45) is 0 Å². The second-order valence-corrected chi connectivity index (χ2v) is 7.90. The van der Waals surface area contributed by atoms with Crippen molar-refractivity contribution in [2.75, 3.05) is 25.5 Å². The second-order valence-electron chi connectivity index (χ2n) is 6.19. The van der Waals surface area contributed by atoms with Gasteiger partial charge in [0, 0.05) is 23.6 Å². The van der Waals surface area contributed by atoms with Crippen LogP contribution in [0.4, 0.5) is 10.5 Å². The van der Waals surface area contributed by atoms with Crippen LogP contribution < -0.4 is 10.1 Å². The number of methoxy groups -OCH3 is 1. The summed E-state index contributed by atoms with van der Waals surface area (Å²) in [6.45, 7) is 6.85. The first-order valence-electron chi connectivity index (χ1n) is 6.97. The number of ether oxygens (including phenoxy) is 2. The van der Waals surface area contributed by atoms with Crippen LogP contribution in [-0.2, 0) is 4.74 Å². The van der Waals surface area contributed by atoms with Crippen molar-refractivity contribution in [3.05, 3.63) is 21.1 Å². The SMILES string of the molecule is COc1cc(NC2CN(C(=O)OC(C)(C)C)C2)c(Br)cc1Br. The molecule has 1 aromatic rings. The van der Waals surface area contributed by atoms with E-state index >= 15 is 0 Å². The Hall–Kier alpha value is -0.950. The molecule has 1 N–H and O–H groups in total. The van der Waals surface area contributed by atoms with E-state index in [9.17, 15) is 4.79 Å². The third kappa shape index (κ3) is 4.29. The zero-order chi connectivity index (χ0) is 16.5. The largest absolute Gasteiger partial charge is 0.495 e. The predicted molar refractivity (Wildman–Crippen MR) is 93.6 cm³/mol. The lowest BCUT2D eigenvalue weighted by atomic mass is 10.1. The van der Waals surface area contributed by atoms with Crippen molar-refractivity contribution in [3.8, 4) is 5.75 Å². The summed E-state index contributed by atoms with van der Waals surface area (Å²) in [6.07, 6.45) is -0.266. The summed E-state index contributed by atoms with van der Waals surface area (Å²) in [5, 5.41) is 3.40. The minimum Gasteiger partial charge on any atom is -0.495 e. The minimum absolute atomic E-state index is 0.203. The molecule has 7 heteroatoms. The van der Waals surface area contributed by atoms with E-state index in [1.165, 1.54) is 0 Å². The Bertz CT molecular complexity index is 567. The minimum atomic E-state index is -0.461. The highest BCUT2D eigenvalue weighted by Crippen LogP contribution is 2.35. The van der Waals surface area contributed by atoms with Gasteiger partial charge in [0.15, 0.2) is 0 Å². The van der Waals surface area contributed by atoms with Gasteiger partial charge in [0.25, 0.3) is 0 Å². The lowest BCUT2D eigenvalue weighted by Gasteiger charge is -2.40. The lowest BCUT2D eigenvalue weighted by Crippen LogP contribution is -2.57. The van der Waals surface area contributed by atoms with Crippen molar-refractivity contribution in [1.29, 1.82) is 0 Å². The molecular weight excluding hydrogens is 416 g/mol. The molecule has 0 aliphatic carbocycles. The van der Waals surface area contributed by atoms with Gasteiger partial charge in [0.2, 0.25) is 0 Å². The normalized spacial score (nSPS) is 15.3. The maximum atomic E-state index is 11.9. The maximum Gasteiger partial charge on any atom is 0.410 e. The quantitative estimate of drug-likeness (QED) is 0.770. The van der Waals surface area contributed by atoms with Crippen LogP contribution in [0.2, 0.25) is 0 Å². The van der Waals surface area contributed by atoms with Gasteiger partial charge in [-0.05, 0) is 58.7 Å². The highest BCUT2D eigenvalue weighted by molar-refractivity contribution is 9.11. The number of amides is 1. The molecular formula is C15H20Br2N2O3. The number of carbonyl (C=O) groups excluding carboxylic acids is 1. The molecule has 1 amide bonds. The zero-order valence-corrected chi connectivity index (χ0v) is 16.2. The molecule has 0 radical (unpaired) electrons. The number of nitrogens with zero attached hydrogens (tertiary/aromatic N) is 1. The number of hydrogen-bond acceptors (Lipinski definition) is 4. The van der Waals surface area contributed by atoms with Crippen LogP contribution >= 0.6 is 31.9 Å². The van der Waals surface area contributed by atoms with Gasteiger partial charge in [-0.15, -0.1) is 0 Å². The Labute approximate surface area is 147 Å². The van der Waals surface area contributed by atoms with Crippen molar-refractivity contribution in [2.45, 2.75) is 32.4 Å². The molecule has 1 heterocycles. The van der Waals surface area contributed by atoms with Gasteiger partial charge in [-0.1, -0.05) is 0 Å². The number of carbonyl (C=O) groups is 1. The summed E-state index contributed by atoms with van der Waals surface area (Å²) < 4.78 is 12.5. The van der Waals surface area contributed by atoms with Crippen LogP contribution in [-0.4, -0.2) is 42.8 Å². The first kappa shape index (κ1) is 17.4. The predicted octanol–water partition coefficient (Wildman–Crippen LogP) is 4.25. The van der Waals surface area contributed by atoms with Crippen LogP contribution in [0.5, 0.6) is 5.75 Å². The molecule has 0 spiro atoms. The summed E-state index contributed by atoms with van der Waals surface area (Å²) in [5.74, 6) is 0.758. The standard InChI is InChI=1S/C15H20Br2N2O3/c1-15(2,3)22-14(20)19-7-9(8-19)18-12-6-13(21-4)11(17)5-10(12)16/h5-6,9,18H,7-8H2,1-4H3. The molecule has 2 rings (SSSR count). The number of anilines is 1. The topological polar surface area (TPSA) is 50.8 Å². The molecule has 1 aliphatic heterocycles. The first-order valence-corrected chi connectivity index (χ1v) is 8.55. The number of hydrogen-bond donors (Lipinski definition) is 1. The summed E-state index contributed by atoms with van der Waals surface area (Å²) in [4.78, 5) is 13.6. The van der Waals surface area contributed by atoms with Gasteiger partial charge in [-0.25, -0.2) is 4.79 Å². The number of halogens is 2. The Morgan fingerprint density at radius 3 is 2.45 bits per heavy atom. The summed E-state index contributed by atoms with van der Waals surface area (Å²) >= 11 is 6.97. The van der Waals surface area contributed by atoms with Crippen molar-refractivity contribution in [1.82, 2.24) is 4.90 Å². The van der Waals surface area contributed by atoms with Gasteiger partial charge in [0.05, 0.1) is 23.3 Å². The molecule has 0 bridgehead atoms. The second kappa shape index (κ2) is 6.66. The molecule has 0 unspecified atom stereocenters. The zero-order valence-electron chi connectivity index (χ0n) is 13.1. The molecule has 22 heavy (non-hydrogen) atoms. The monoisotopic (exact) mass is 434 g/mol. The van der Waals surface area contributed by atoms with E-state index in [2.05, 4.69) is 37.2 Å². The fourth-order valence-electron chi connectivity index (χ4n) is 2.06. The number of nitrogens with one attached hydrogen (secondary N) is 1. The van der Waals surface area contributed by atoms with Crippen LogP contribution in [0.1, 0.15) is 20.8 Å². The van der Waals surface area contributed by atoms with E-state index in [1.54, 1.807) is 12.0 Å². The van der Waals surface area contributed by atoms with E-state index in [0.717, 1.165) is 20.4 Å². The Kier molecular flexibility index (Phi) is 5.27. The fraction of sp³-hybridized carbons (Fsp3) is 0.533. The summed E-state index contributed by atoms with van der Waals surface area (Å²) in [7, 11) is 1.63. The van der Waals surface area contributed by atoms with E-state index < -0.39 is 5.60 Å². The Morgan fingerprint density at radius 2 is 1.91 bits per heavy atom. The lowest BCUT2D eigenvalue weighted by molar-refractivity contribution is 0.0105. The number of rotatable bonds is 3. The van der Waals surface area contributed by atoms with E-state index in [0.29, 0.717) is 13.1 Å². The molecule has 1 fully saturated rings. The van der Waals surface area contributed by atoms with E-state index in [1.807, 2.05) is 32.9 Å². The van der Waals surface area contributed by atoms with Gasteiger partial charge >= 0.3 is 6.09 Å². The first-order chi connectivity index (χ1) is 10.2. The fourth-order valence-corrected chi connectivity index (χ4v) is 3.33. The molecule has 122 valence electrons. The van der Waals surface area contributed by atoms with Gasteiger partial charge in [0.1, 0.15) is 11.4 Å². The van der Waals surface area contributed by atoms with Crippen LogP contribution in [0, 0.1) is 0 Å². The Balaban J connectivity index is 1.92. The van der Waals surface area contributed by atoms with E-state index in [-0.39, 0.29) is 12.1 Å². The van der Waals surface area contributed by atoms with Gasteiger partial charge in [-0.2, -0.15) is 0 Å². The van der Waals surface area contributed by atoms with Crippen LogP contribution in [0.15, 0.2) is 21.1 Å². The molecule has 0 atom stereocenters. The molecule has 1 aromatic carbocycles. The van der Waals surface area contributed by atoms with Gasteiger partial charge in [-0.3, -0.25) is 0 Å². The average Bonchev–Trinajstić information content (AvgIpc) is 2.32.